The largest absolute Gasteiger partial charge is 0.467 e. The highest BCUT2D eigenvalue weighted by Crippen LogP contribution is 2.34. The molecule has 0 aliphatic carbocycles. The van der Waals surface area contributed by atoms with E-state index in [1.165, 1.54) is 32.4 Å². The number of carbonyl (C=O) groups excluding carboxylic acids is 1. The fraction of sp³-hybridized carbons (Fsp3) is 0.524. The molecule has 0 N–H and O–H groups in total. The molecule has 148 valence electrons. The van der Waals surface area contributed by atoms with Gasteiger partial charge in [-0.05, 0) is 55.9 Å². The van der Waals surface area contributed by atoms with Crippen molar-refractivity contribution in [2.45, 2.75) is 37.8 Å². The molecule has 2 fully saturated rings. The van der Waals surface area contributed by atoms with Crippen LogP contribution in [0.5, 0.6) is 0 Å². The molecule has 2 saturated heterocycles. The van der Waals surface area contributed by atoms with Crippen LogP contribution >= 0.6 is 11.3 Å². The van der Waals surface area contributed by atoms with E-state index < -0.39 is 0 Å². The van der Waals surface area contributed by atoms with Crippen LogP contribution in [-0.2, 0) is 4.79 Å². The van der Waals surface area contributed by atoms with Gasteiger partial charge in [0.25, 0.3) is 5.91 Å². The van der Waals surface area contributed by atoms with Crippen molar-refractivity contribution in [3.8, 4) is 0 Å². The first-order valence-electron chi connectivity index (χ1n) is 10.2. The summed E-state index contributed by atoms with van der Waals surface area (Å²) in [5.74, 6) is 0.870. The predicted molar refractivity (Wildman–Crippen MR) is 109 cm³/mol. The minimum atomic E-state index is -0.142. The number of likely N-dealkylation sites (tertiary alicyclic amines) is 2. The van der Waals surface area contributed by atoms with Crippen LogP contribution in [0.1, 0.15) is 42.4 Å². The molecule has 0 unspecified atom stereocenters. The molecule has 0 aromatic carbocycles. The number of hydrogen-bond donors (Lipinski definition) is 0. The van der Waals surface area contributed by atoms with Crippen molar-refractivity contribution in [3.63, 3.8) is 0 Å². The van der Waals surface area contributed by atoms with Crippen LogP contribution in [0.15, 0.2) is 45.4 Å². The lowest BCUT2D eigenvalue weighted by Gasteiger charge is -2.25. The molecule has 2 aromatic heterocycles. The lowest BCUT2D eigenvalue weighted by Crippen LogP contribution is -2.40. The highest BCUT2D eigenvalue weighted by atomic mass is 32.1. The molecule has 3 aliphatic heterocycles. The molecule has 6 nitrogen and oxygen atoms in total. The Morgan fingerprint density at radius 1 is 1.21 bits per heavy atom. The SMILES string of the molecule is O=C(CN1CC[C@@H](N2CCCC2)C1)N1N=C(c2cccs2)C[C@@H]1c1ccco1. The minimum Gasteiger partial charge on any atom is -0.467 e. The number of hydrazone groups is 1. The Morgan fingerprint density at radius 3 is 2.86 bits per heavy atom. The lowest BCUT2D eigenvalue weighted by atomic mass is 10.1. The number of amides is 1. The first-order chi connectivity index (χ1) is 13.8. The van der Waals surface area contributed by atoms with Gasteiger partial charge in [0, 0.05) is 25.6 Å². The van der Waals surface area contributed by atoms with Gasteiger partial charge in [-0.25, -0.2) is 5.01 Å². The molecular weight excluding hydrogens is 372 g/mol. The molecule has 1 amide bonds. The number of hydrogen-bond acceptors (Lipinski definition) is 6. The van der Waals surface area contributed by atoms with E-state index in [1.807, 2.05) is 23.6 Å². The maximum absolute atomic E-state index is 13.2. The molecular formula is C21H26N4O2S. The Hall–Kier alpha value is -1.96. The minimum absolute atomic E-state index is 0.0648. The molecule has 3 aliphatic rings. The highest BCUT2D eigenvalue weighted by molar-refractivity contribution is 7.12. The lowest BCUT2D eigenvalue weighted by molar-refractivity contribution is -0.134. The Kier molecular flexibility index (Phi) is 5.05. The van der Waals surface area contributed by atoms with Crippen LogP contribution in [0.3, 0.4) is 0 Å². The zero-order valence-electron chi connectivity index (χ0n) is 16.0. The van der Waals surface area contributed by atoms with Gasteiger partial charge >= 0.3 is 0 Å². The summed E-state index contributed by atoms with van der Waals surface area (Å²) in [6.45, 7) is 4.85. The van der Waals surface area contributed by atoms with Crippen LogP contribution < -0.4 is 0 Å². The van der Waals surface area contributed by atoms with Gasteiger partial charge in [0.1, 0.15) is 11.8 Å². The predicted octanol–water partition coefficient (Wildman–Crippen LogP) is 3.19. The molecule has 0 radical (unpaired) electrons. The van der Waals surface area contributed by atoms with E-state index >= 15 is 0 Å². The van der Waals surface area contributed by atoms with Gasteiger partial charge in [-0.3, -0.25) is 14.6 Å². The highest BCUT2D eigenvalue weighted by Gasteiger charge is 2.37. The van der Waals surface area contributed by atoms with E-state index in [1.54, 1.807) is 22.6 Å². The number of rotatable bonds is 5. The molecule has 28 heavy (non-hydrogen) atoms. The van der Waals surface area contributed by atoms with Crippen LogP contribution in [0, 0.1) is 0 Å². The standard InChI is InChI=1S/C21H26N4O2S/c26-21(15-23-10-7-16(14-23)24-8-1-2-9-24)25-18(19-5-3-11-27-19)13-17(22-25)20-6-4-12-28-20/h3-6,11-12,16,18H,1-2,7-10,13-15H2/t16-,18-/m1/s1. The Bertz CT molecular complexity index is 827. The molecule has 2 atom stereocenters. The molecule has 0 spiro atoms. The van der Waals surface area contributed by atoms with Gasteiger partial charge in [0.15, 0.2) is 0 Å². The summed E-state index contributed by atoms with van der Waals surface area (Å²) >= 11 is 1.67. The van der Waals surface area contributed by atoms with Crippen molar-refractivity contribution >= 4 is 23.0 Å². The van der Waals surface area contributed by atoms with Gasteiger partial charge in [0.05, 0.1) is 23.4 Å². The number of furan rings is 1. The topological polar surface area (TPSA) is 52.3 Å². The van der Waals surface area contributed by atoms with Crippen LogP contribution in [0.4, 0.5) is 0 Å². The summed E-state index contributed by atoms with van der Waals surface area (Å²) in [7, 11) is 0. The number of carbonyl (C=O) groups is 1. The molecule has 2 aromatic rings. The molecule has 0 bridgehead atoms. The zero-order chi connectivity index (χ0) is 18.9. The average molecular weight is 399 g/mol. The van der Waals surface area contributed by atoms with Crippen molar-refractivity contribution in [2.24, 2.45) is 5.10 Å². The molecule has 5 heterocycles. The van der Waals surface area contributed by atoms with E-state index in [4.69, 9.17) is 9.52 Å². The fourth-order valence-corrected chi connectivity index (χ4v) is 5.38. The smallest absolute Gasteiger partial charge is 0.257 e. The van der Waals surface area contributed by atoms with Crippen molar-refractivity contribution in [2.75, 3.05) is 32.7 Å². The van der Waals surface area contributed by atoms with Crippen molar-refractivity contribution in [1.82, 2.24) is 14.8 Å². The van der Waals surface area contributed by atoms with E-state index in [2.05, 4.69) is 15.9 Å². The molecule has 7 heteroatoms. The van der Waals surface area contributed by atoms with Gasteiger partial charge in [0.2, 0.25) is 0 Å². The van der Waals surface area contributed by atoms with Gasteiger partial charge in [-0.15, -0.1) is 11.3 Å². The number of thiophene rings is 1. The fourth-order valence-electron chi connectivity index (χ4n) is 4.66. The normalized spacial score (nSPS) is 26.3. The van der Waals surface area contributed by atoms with E-state index in [9.17, 15) is 4.79 Å². The third kappa shape index (κ3) is 3.54. The van der Waals surface area contributed by atoms with E-state index in [0.717, 1.165) is 29.4 Å². The van der Waals surface area contributed by atoms with Crippen molar-refractivity contribution < 1.29 is 9.21 Å². The van der Waals surface area contributed by atoms with Crippen LogP contribution in [0.25, 0.3) is 0 Å². The first kappa shape index (κ1) is 18.1. The first-order valence-corrected chi connectivity index (χ1v) is 11.1. The number of nitrogens with zero attached hydrogens (tertiary/aromatic N) is 4. The quantitative estimate of drug-likeness (QED) is 0.776. The summed E-state index contributed by atoms with van der Waals surface area (Å²) < 4.78 is 5.63. The monoisotopic (exact) mass is 398 g/mol. The third-order valence-electron chi connectivity index (χ3n) is 6.11. The second kappa shape index (κ2) is 7.81. The maximum atomic E-state index is 13.2. The molecule has 0 saturated carbocycles. The third-order valence-corrected chi connectivity index (χ3v) is 7.03. The second-order valence-corrected chi connectivity index (χ2v) is 8.87. The van der Waals surface area contributed by atoms with Gasteiger partial charge < -0.3 is 4.42 Å². The molecule has 5 rings (SSSR count). The maximum Gasteiger partial charge on any atom is 0.257 e. The van der Waals surface area contributed by atoms with Gasteiger partial charge in [-0.1, -0.05) is 6.07 Å². The summed E-state index contributed by atoms with van der Waals surface area (Å²) in [5.41, 5.74) is 0.973. The van der Waals surface area contributed by atoms with Crippen LogP contribution in [0.2, 0.25) is 0 Å². The van der Waals surface area contributed by atoms with Gasteiger partial charge in [-0.2, -0.15) is 5.10 Å². The van der Waals surface area contributed by atoms with Crippen molar-refractivity contribution in [1.29, 1.82) is 0 Å². The summed E-state index contributed by atoms with van der Waals surface area (Å²) in [6, 6.07) is 8.38. The average Bonchev–Trinajstić information content (AvgIpc) is 3.53. The summed E-state index contributed by atoms with van der Waals surface area (Å²) in [5, 5.41) is 8.43. The Morgan fingerprint density at radius 2 is 2.11 bits per heavy atom. The summed E-state index contributed by atoms with van der Waals surface area (Å²) in [4.78, 5) is 19.2. The van der Waals surface area contributed by atoms with Crippen molar-refractivity contribution in [3.05, 3.63) is 46.5 Å². The van der Waals surface area contributed by atoms with E-state index in [0.29, 0.717) is 19.0 Å². The Balaban J connectivity index is 1.29. The Labute approximate surface area is 169 Å². The second-order valence-electron chi connectivity index (χ2n) is 7.92. The zero-order valence-corrected chi connectivity index (χ0v) is 16.8. The summed E-state index contributed by atoms with van der Waals surface area (Å²) in [6.07, 6.45) is 6.17. The van der Waals surface area contributed by atoms with Crippen LogP contribution in [-0.4, -0.2) is 65.2 Å². The van der Waals surface area contributed by atoms with E-state index in [-0.39, 0.29) is 11.9 Å².